The quantitative estimate of drug-likeness (QED) is 0.552. The standard InChI is InChI=1S/C27H30N6O5/c1-16-7-9-32(26(16)35)14-18-10-17-4-3-8-33(25(17)30-20(18)15-34)27(36)31-24-11-23(19(12-28)13-29-24)38-22-6-5-21(22)37-2/h10-11,13,15-16,21-22H,3-9,14H2,1-2H3,(H,29,31,36)/t16?,21-,22+/m1/s1. The third kappa shape index (κ3) is 4.91. The van der Waals surface area contributed by atoms with Crippen LogP contribution in [0.5, 0.6) is 5.75 Å². The number of carbonyl (C=O) groups excluding carboxylic acids is 3. The number of likely N-dealkylation sites (tertiary alicyclic amines) is 1. The number of aryl methyl sites for hydroxylation is 1. The van der Waals surface area contributed by atoms with Crippen molar-refractivity contribution in [3.8, 4) is 11.8 Å². The molecule has 0 bridgehead atoms. The van der Waals surface area contributed by atoms with Gasteiger partial charge in [0.2, 0.25) is 5.91 Å². The Labute approximate surface area is 220 Å². The molecule has 38 heavy (non-hydrogen) atoms. The number of carbonyl (C=O) groups is 3. The molecule has 0 spiro atoms. The summed E-state index contributed by atoms with van der Waals surface area (Å²) in [6, 6.07) is 5.04. The number of hydrogen-bond donors (Lipinski definition) is 1. The van der Waals surface area contributed by atoms with Gasteiger partial charge in [-0.2, -0.15) is 5.26 Å². The molecular weight excluding hydrogens is 488 g/mol. The molecule has 0 radical (unpaired) electrons. The van der Waals surface area contributed by atoms with E-state index in [4.69, 9.17) is 9.47 Å². The van der Waals surface area contributed by atoms with Gasteiger partial charge in [0.15, 0.2) is 6.29 Å². The average Bonchev–Trinajstić information content (AvgIpc) is 3.22. The van der Waals surface area contributed by atoms with E-state index in [2.05, 4.69) is 21.4 Å². The van der Waals surface area contributed by atoms with E-state index in [-0.39, 0.29) is 41.1 Å². The van der Waals surface area contributed by atoms with E-state index in [1.165, 1.54) is 17.2 Å². The Morgan fingerprint density at radius 1 is 1.26 bits per heavy atom. The third-order valence-corrected chi connectivity index (χ3v) is 7.51. The molecule has 1 saturated heterocycles. The van der Waals surface area contributed by atoms with E-state index in [0.717, 1.165) is 31.2 Å². The molecular formula is C27H30N6O5. The maximum absolute atomic E-state index is 13.3. The van der Waals surface area contributed by atoms with Crippen molar-refractivity contribution in [2.45, 2.75) is 57.8 Å². The summed E-state index contributed by atoms with van der Waals surface area (Å²) in [6.07, 6.45) is 5.76. The molecule has 1 unspecified atom stereocenters. The van der Waals surface area contributed by atoms with Crippen molar-refractivity contribution in [1.29, 1.82) is 5.26 Å². The van der Waals surface area contributed by atoms with Crippen molar-refractivity contribution in [2.75, 3.05) is 30.4 Å². The predicted octanol–water partition coefficient (Wildman–Crippen LogP) is 3.07. The first-order valence-electron chi connectivity index (χ1n) is 12.9. The monoisotopic (exact) mass is 518 g/mol. The molecule has 4 heterocycles. The summed E-state index contributed by atoms with van der Waals surface area (Å²) in [5, 5.41) is 12.2. The summed E-state index contributed by atoms with van der Waals surface area (Å²) >= 11 is 0. The molecule has 2 fully saturated rings. The van der Waals surface area contributed by atoms with Crippen LogP contribution in [0.2, 0.25) is 0 Å². The molecule has 3 amide bonds. The van der Waals surface area contributed by atoms with Crippen molar-refractivity contribution in [3.05, 3.63) is 40.7 Å². The van der Waals surface area contributed by atoms with E-state index in [1.807, 2.05) is 13.0 Å². The molecule has 2 aliphatic heterocycles. The van der Waals surface area contributed by atoms with Crippen LogP contribution in [-0.4, -0.2) is 65.5 Å². The fourth-order valence-corrected chi connectivity index (χ4v) is 5.11. The highest BCUT2D eigenvalue weighted by molar-refractivity contribution is 6.01. The number of amides is 3. The van der Waals surface area contributed by atoms with E-state index in [0.29, 0.717) is 49.5 Å². The van der Waals surface area contributed by atoms with Gasteiger partial charge in [0, 0.05) is 44.3 Å². The zero-order valence-electron chi connectivity index (χ0n) is 21.5. The van der Waals surface area contributed by atoms with Crippen LogP contribution in [0.4, 0.5) is 16.4 Å². The Bertz CT molecular complexity index is 1310. The number of aldehydes is 1. The fraction of sp³-hybridized carbons (Fsp3) is 0.481. The minimum Gasteiger partial charge on any atom is -0.486 e. The van der Waals surface area contributed by atoms with E-state index in [9.17, 15) is 19.6 Å². The molecule has 0 aromatic carbocycles. The SMILES string of the molecule is CO[C@@H]1CC[C@@H]1Oc1cc(NC(=O)N2CCCc3cc(CN4CCC(C)C4=O)c(C=O)nc32)ncc1C#N. The predicted molar refractivity (Wildman–Crippen MR) is 137 cm³/mol. The normalized spacial score (nSPS) is 22.3. The van der Waals surface area contributed by atoms with Crippen molar-refractivity contribution in [1.82, 2.24) is 14.9 Å². The molecule has 1 saturated carbocycles. The number of methoxy groups -OCH3 is 1. The van der Waals surface area contributed by atoms with E-state index in [1.54, 1.807) is 12.0 Å². The molecule has 11 heteroatoms. The number of nitrogens with zero attached hydrogens (tertiary/aromatic N) is 5. The number of urea groups is 1. The summed E-state index contributed by atoms with van der Waals surface area (Å²) in [5.74, 6) is 1.05. The van der Waals surface area contributed by atoms with E-state index < -0.39 is 6.03 Å². The minimum atomic E-state index is -0.451. The van der Waals surface area contributed by atoms with Crippen LogP contribution in [-0.2, 0) is 22.5 Å². The highest BCUT2D eigenvalue weighted by atomic mass is 16.5. The summed E-state index contributed by atoms with van der Waals surface area (Å²) in [5.41, 5.74) is 2.02. The first-order valence-corrected chi connectivity index (χ1v) is 12.9. The number of nitriles is 1. The minimum absolute atomic E-state index is 0.0173. The van der Waals surface area contributed by atoms with Gasteiger partial charge in [-0.3, -0.25) is 19.8 Å². The van der Waals surface area contributed by atoms with Crippen LogP contribution in [0.3, 0.4) is 0 Å². The first-order chi connectivity index (χ1) is 18.4. The molecule has 1 N–H and O–H groups in total. The molecule has 5 rings (SSSR count). The highest BCUT2D eigenvalue weighted by Gasteiger charge is 2.34. The Balaban J connectivity index is 1.35. The fourth-order valence-electron chi connectivity index (χ4n) is 5.11. The lowest BCUT2D eigenvalue weighted by molar-refractivity contribution is -0.131. The number of aromatic nitrogens is 2. The molecule has 198 valence electrons. The van der Waals surface area contributed by atoms with Crippen molar-refractivity contribution in [2.24, 2.45) is 5.92 Å². The van der Waals surface area contributed by atoms with Gasteiger partial charge in [0.1, 0.15) is 40.8 Å². The average molecular weight is 519 g/mol. The lowest BCUT2D eigenvalue weighted by atomic mass is 9.92. The number of fused-ring (bicyclic) bond motifs is 1. The lowest BCUT2D eigenvalue weighted by Gasteiger charge is -2.35. The Hall–Kier alpha value is -4.04. The molecule has 1 aliphatic carbocycles. The second kappa shape index (κ2) is 10.8. The van der Waals surface area contributed by atoms with Crippen LogP contribution in [0.15, 0.2) is 18.3 Å². The molecule has 2 aromatic heterocycles. The maximum Gasteiger partial charge on any atom is 0.328 e. The largest absolute Gasteiger partial charge is 0.486 e. The van der Waals surface area contributed by atoms with Gasteiger partial charge in [0.05, 0.1) is 12.3 Å². The van der Waals surface area contributed by atoms with Crippen molar-refractivity contribution >= 4 is 29.9 Å². The summed E-state index contributed by atoms with van der Waals surface area (Å²) in [6.45, 7) is 3.31. The number of pyridine rings is 2. The van der Waals surface area contributed by atoms with Gasteiger partial charge in [-0.05, 0) is 43.7 Å². The summed E-state index contributed by atoms with van der Waals surface area (Å²) in [4.78, 5) is 49.6. The molecule has 3 aliphatic rings. The second-order valence-electron chi connectivity index (χ2n) is 9.95. The Morgan fingerprint density at radius 3 is 2.74 bits per heavy atom. The van der Waals surface area contributed by atoms with Gasteiger partial charge in [-0.15, -0.1) is 0 Å². The zero-order chi connectivity index (χ0) is 26.8. The van der Waals surface area contributed by atoms with Gasteiger partial charge >= 0.3 is 6.03 Å². The first kappa shape index (κ1) is 25.6. The van der Waals surface area contributed by atoms with Gasteiger partial charge in [0.25, 0.3) is 0 Å². The van der Waals surface area contributed by atoms with Gasteiger partial charge in [-0.25, -0.2) is 14.8 Å². The van der Waals surface area contributed by atoms with Gasteiger partial charge < -0.3 is 14.4 Å². The third-order valence-electron chi connectivity index (χ3n) is 7.51. The lowest BCUT2D eigenvalue weighted by Crippen LogP contribution is -2.42. The molecule has 11 nitrogen and oxygen atoms in total. The second-order valence-corrected chi connectivity index (χ2v) is 9.95. The molecule has 2 aromatic rings. The Morgan fingerprint density at radius 2 is 2.08 bits per heavy atom. The molecule has 3 atom stereocenters. The number of ether oxygens (including phenoxy) is 2. The van der Waals surface area contributed by atoms with Gasteiger partial charge in [-0.1, -0.05) is 6.92 Å². The van der Waals surface area contributed by atoms with Crippen LogP contribution in [0, 0.1) is 17.2 Å². The number of hydrogen-bond acceptors (Lipinski definition) is 8. The number of rotatable bonds is 7. The number of anilines is 2. The van der Waals surface area contributed by atoms with Crippen molar-refractivity contribution in [3.63, 3.8) is 0 Å². The maximum atomic E-state index is 13.3. The van der Waals surface area contributed by atoms with Crippen LogP contribution in [0.1, 0.15) is 59.8 Å². The van der Waals surface area contributed by atoms with E-state index >= 15 is 0 Å². The summed E-state index contributed by atoms with van der Waals surface area (Å²) in [7, 11) is 1.62. The van der Waals surface area contributed by atoms with Crippen LogP contribution >= 0.6 is 0 Å². The number of nitrogens with one attached hydrogen (secondary N) is 1. The Kier molecular flexibility index (Phi) is 7.24. The highest BCUT2D eigenvalue weighted by Crippen LogP contribution is 2.32. The van der Waals surface area contributed by atoms with Crippen LogP contribution < -0.4 is 15.0 Å². The van der Waals surface area contributed by atoms with Crippen LogP contribution in [0.25, 0.3) is 0 Å². The van der Waals surface area contributed by atoms with Crippen molar-refractivity contribution < 1.29 is 23.9 Å². The topological polar surface area (TPSA) is 138 Å². The summed E-state index contributed by atoms with van der Waals surface area (Å²) < 4.78 is 11.4. The zero-order valence-corrected chi connectivity index (χ0v) is 21.5. The smallest absolute Gasteiger partial charge is 0.328 e.